The molecule has 0 saturated carbocycles. The molecule has 20 aromatic rings. The SMILES string of the molecule is N[C@H](c1ccccc1)[C@H](N)c1ccccc1.N[C@H](c1ccccc1)[C@H](N)c1ccccc1.[Cl-].[Cl-].[Ru+2].[Ru+2].c1ccc(P(c2ccccc2)c2ccc3ccccc3c2-c2c(P(c3ccccc3)c3ccccc3)ccc3ccccc23)cc1.c1ccc(P(c2ccccc2)c2ccc3ccccc3c2-c2c(P(c3ccccc3)c3ccccc3)ccc3ccccc23)cc1. The van der Waals surface area contributed by atoms with Crippen molar-refractivity contribution in [3.05, 3.63) is 532 Å². The Hall–Kier alpha value is -11.2. The molecule has 0 aromatic heterocycles. The van der Waals surface area contributed by atoms with Crippen LogP contribution in [0, 0.1) is 0 Å². The van der Waals surface area contributed by atoms with E-state index in [1.54, 1.807) is 0 Å². The Morgan fingerprint density at radius 2 is 0.266 bits per heavy atom. The first-order valence-corrected chi connectivity index (χ1v) is 47.6. The quantitative estimate of drug-likeness (QED) is 0.0451. The summed E-state index contributed by atoms with van der Waals surface area (Å²) in [5.41, 5.74) is 34.3. The van der Waals surface area contributed by atoms with Crippen LogP contribution in [-0.2, 0) is 39.0 Å². The van der Waals surface area contributed by atoms with Crippen molar-refractivity contribution in [3.8, 4) is 22.3 Å². The second kappa shape index (κ2) is 46.7. The molecular weight excluding hydrogens is 1850 g/mol. The Bertz CT molecular complexity index is 5840. The van der Waals surface area contributed by atoms with Gasteiger partial charge in [-0.2, -0.15) is 0 Å². The van der Waals surface area contributed by atoms with Gasteiger partial charge in [-0.05, 0) is 183 Å². The van der Waals surface area contributed by atoms with Gasteiger partial charge >= 0.3 is 39.0 Å². The third-order valence-corrected chi connectivity index (χ3v) is 32.7. The molecule has 0 spiro atoms. The second-order valence-corrected chi connectivity index (χ2v) is 39.2. The molecule has 0 bridgehead atoms. The molecule has 4 atom stereocenters. The summed E-state index contributed by atoms with van der Waals surface area (Å²) in [5.74, 6) is 0. The predicted molar refractivity (Wildman–Crippen MR) is 542 cm³/mol. The first-order valence-electron chi connectivity index (χ1n) is 42.2. The van der Waals surface area contributed by atoms with Gasteiger partial charge in [0, 0.05) is 24.2 Å². The van der Waals surface area contributed by atoms with Crippen LogP contribution in [0.2, 0.25) is 0 Å². The van der Waals surface area contributed by atoms with Gasteiger partial charge < -0.3 is 47.7 Å². The minimum atomic E-state index is -0.852. The van der Waals surface area contributed by atoms with Crippen LogP contribution in [0.4, 0.5) is 0 Å². The zero-order chi connectivity index (χ0) is 84.2. The average Bonchev–Trinajstić information content (AvgIpc) is 0.735. The molecule has 0 aliphatic heterocycles. The summed E-state index contributed by atoms with van der Waals surface area (Å²) in [4.78, 5) is 0. The van der Waals surface area contributed by atoms with E-state index in [1.807, 2.05) is 121 Å². The summed E-state index contributed by atoms with van der Waals surface area (Å²) in [7, 11) is -3.41. The van der Waals surface area contributed by atoms with E-state index in [0.717, 1.165) is 22.3 Å². The fourth-order valence-corrected chi connectivity index (χ4v) is 26.6. The van der Waals surface area contributed by atoms with Gasteiger partial charge in [-0.1, -0.05) is 510 Å². The van der Waals surface area contributed by atoms with Crippen molar-refractivity contribution in [2.24, 2.45) is 22.9 Å². The third-order valence-electron chi connectivity index (χ3n) is 22.7. The maximum Gasteiger partial charge on any atom is 2.00 e. The Labute approximate surface area is 796 Å². The van der Waals surface area contributed by atoms with Crippen molar-refractivity contribution in [3.63, 3.8) is 0 Å². The van der Waals surface area contributed by atoms with E-state index in [4.69, 9.17) is 22.9 Å². The van der Waals surface area contributed by atoms with Crippen LogP contribution >= 0.6 is 31.7 Å². The largest absolute Gasteiger partial charge is 2.00 e. The van der Waals surface area contributed by atoms with Crippen molar-refractivity contribution in [2.45, 2.75) is 24.2 Å². The van der Waals surface area contributed by atoms with Crippen LogP contribution in [0.3, 0.4) is 0 Å². The number of nitrogens with two attached hydrogens (primary N) is 4. The Balaban J connectivity index is 0.000000160. The van der Waals surface area contributed by atoms with Crippen molar-refractivity contribution in [1.29, 1.82) is 0 Å². The first-order chi connectivity index (χ1) is 61.3. The van der Waals surface area contributed by atoms with E-state index in [2.05, 4.69) is 388 Å². The van der Waals surface area contributed by atoms with Crippen molar-refractivity contribution < 1.29 is 63.8 Å². The standard InChI is InChI=1S/2C44H32P2.2C14H16N2.2ClH.2Ru/c2*1-5-19-35(20-6-1)45(36-21-7-2-8-22-36)41-31-29-33-17-13-15-27-39(33)43(41)44-40-28-16-14-18-34(40)30-32-42(44)46(37-23-9-3-10-24-37)38-25-11-4-12-26-38;2*15-13(11-7-3-1-4-8-11)14(16)12-9-5-2-6-10-12;;;;/h2*1-32H;2*1-10,13-14H,15-16H2;2*1H;;/q;;;;;;2*+2/p-2/t;;2*13-,14-;;;;/m..11..../s1. The summed E-state index contributed by atoms with van der Waals surface area (Å²) in [6, 6.07) is 183. The van der Waals surface area contributed by atoms with E-state index in [0.29, 0.717) is 0 Å². The van der Waals surface area contributed by atoms with Crippen LogP contribution in [0.5, 0.6) is 0 Å². The maximum absolute atomic E-state index is 6.15. The molecule has 12 heteroatoms. The number of halogens is 2. The molecule has 4 nitrogen and oxygen atoms in total. The summed E-state index contributed by atoms with van der Waals surface area (Å²) in [6.45, 7) is 0. The summed E-state index contributed by atoms with van der Waals surface area (Å²) in [5, 5.41) is 26.7. The zero-order valence-electron chi connectivity index (χ0n) is 70.4. The first kappa shape index (κ1) is 94.4. The van der Waals surface area contributed by atoms with Gasteiger partial charge in [-0.25, -0.2) is 0 Å². The van der Waals surface area contributed by atoms with Crippen molar-refractivity contribution in [2.75, 3.05) is 0 Å². The molecule has 0 unspecified atom stereocenters. The van der Waals surface area contributed by atoms with E-state index >= 15 is 0 Å². The molecule has 20 rings (SSSR count). The summed E-state index contributed by atoms with van der Waals surface area (Å²) in [6.07, 6.45) is 0. The molecule has 8 N–H and O–H groups in total. The molecule has 0 amide bonds. The van der Waals surface area contributed by atoms with Crippen LogP contribution in [0.25, 0.3) is 65.3 Å². The molecule has 0 aliphatic carbocycles. The van der Waals surface area contributed by atoms with Gasteiger partial charge in [0.05, 0.1) is 0 Å². The van der Waals surface area contributed by atoms with Crippen molar-refractivity contribution in [1.82, 2.24) is 0 Å². The molecule has 628 valence electrons. The Kier molecular flexibility index (Phi) is 34.5. The third kappa shape index (κ3) is 21.9. The second-order valence-electron chi connectivity index (χ2n) is 30.5. The van der Waals surface area contributed by atoms with E-state index in [1.165, 1.54) is 129 Å². The number of hydrogen-bond donors (Lipinski definition) is 4. The van der Waals surface area contributed by atoms with Gasteiger partial charge in [0.25, 0.3) is 0 Å². The van der Waals surface area contributed by atoms with Gasteiger partial charge in [-0.3, -0.25) is 0 Å². The summed E-state index contributed by atoms with van der Waals surface area (Å²) >= 11 is 0. The zero-order valence-corrected chi connectivity index (χ0v) is 78.9. The van der Waals surface area contributed by atoms with Crippen LogP contribution in [-0.4, -0.2) is 0 Å². The predicted octanol–water partition coefficient (Wildman–Crippen LogP) is 17.1. The minimum Gasteiger partial charge on any atom is -1.00 e. The van der Waals surface area contributed by atoms with Gasteiger partial charge in [0.1, 0.15) is 0 Å². The molecule has 0 heterocycles. The molecule has 0 radical (unpaired) electrons. The normalized spacial score (nSPS) is 11.8. The average molecular weight is 1940 g/mol. The fraction of sp³-hybridized carbons (Fsp3) is 0.0345. The number of hydrogen-bond acceptors (Lipinski definition) is 4. The number of rotatable bonds is 20. The minimum absolute atomic E-state index is 0. The van der Waals surface area contributed by atoms with Gasteiger partial charge in [-0.15, -0.1) is 0 Å². The van der Waals surface area contributed by atoms with Crippen LogP contribution in [0.15, 0.2) is 510 Å². The van der Waals surface area contributed by atoms with E-state index in [9.17, 15) is 0 Å². The van der Waals surface area contributed by atoms with Gasteiger partial charge in [0.15, 0.2) is 0 Å². The molecule has 0 saturated heterocycles. The molecule has 20 aromatic carbocycles. The monoisotopic (exact) mass is 1940 g/mol. The molecule has 128 heavy (non-hydrogen) atoms. The van der Waals surface area contributed by atoms with Gasteiger partial charge in [0.2, 0.25) is 0 Å². The molecule has 0 aliphatic rings. The smallest absolute Gasteiger partial charge is 1.00 e. The summed E-state index contributed by atoms with van der Waals surface area (Å²) < 4.78 is 0. The number of fused-ring (bicyclic) bond motifs is 4. The van der Waals surface area contributed by atoms with Crippen molar-refractivity contribution >= 4 is 138 Å². The fourth-order valence-electron chi connectivity index (χ4n) is 16.7. The Morgan fingerprint density at radius 1 is 0.141 bits per heavy atom. The number of benzene rings is 20. The topological polar surface area (TPSA) is 104 Å². The Morgan fingerprint density at radius 3 is 0.414 bits per heavy atom. The maximum atomic E-state index is 6.15. The molecular formula is C116H96Cl2N4P4Ru2+2. The van der Waals surface area contributed by atoms with Crippen LogP contribution < -0.4 is 111 Å². The molecule has 0 fully saturated rings. The van der Waals surface area contributed by atoms with E-state index in [-0.39, 0.29) is 87.9 Å². The van der Waals surface area contributed by atoms with Crippen LogP contribution in [0.1, 0.15) is 46.4 Å². The van der Waals surface area contributed by atoms with E-state index < -0.39 is 31.7 Å².